The van der Waals surface area contributed by atoms with Crippen LogP contribution < -0.4 is 0 Å². The van der Waals surface area contributed by atoms with E-state index in [4.69, 9.17) is 16.3 Å². The standard InChI is InChI=1S/C12H17ClO/c1-9(2)7-10-5-4-6-12(13)11(10)8-14-3/h4-6,9H,7-8H2,1-3H3. The Morgan fingerprint density at radius 1 is 1.36 bits per heavy atom. The Morgan fingerprint density at radius 2 is 2.07 bits per heavy atom. The van der Waals surface area contributed by atoms with Crippen LogP contribution in [0.3, 0.4) is 0 Å². The summed E-state index contributed by atoms with van der Waals surface area (Å²) in [4.78, 5) is 0. The highest BCUT2D eigenvalue weighted by molar-refractivity contribution is 6.31. The van der Waals surface area contributed by atoms with Gasteiger partial charge in [0.15, 0.2) is 0 Å². The minimum atomic E-state index is 0.599. The van der Waals surface area contributed by atoms with Crippen LogP contribution >= 0.6 is 11.6 Å². The van der Waals surface area contributed by atoms with Crippen LogP contribution in [0.4, 0.5) is 0 Å². The van der Waals surface area contributed by atoms with E-state index in [9.17, 15) is 0 Å². The third kappa shape index (κ3) is 3.00. The zero-order valence-corrected chi connectivity index (χ0v) is 9.77. The van der Waals surface area contributed by atoms with Gasteiger partial charge in [-0.15, -0.1) is 0 Å². The highest BCUT2D eigenvalue weighted by Gasteiger charge is 2.07. The first-order valence-electron chi connectivity index (χ1n) is 4.90. The number of ether oxygens (including phenoxy) is 1. The second kappa shape index (κ2) is 5.38. The van der Waals surface area contributed by atoms with Gasteiger partial charge in [-0.05, 0) is 29.5 Å². The molecule has 1 aromatic rings. The number of methoxy groups -OCH3 is 1. The predicted octanol–water partition coefficient (Wildman–Crippen LogP) is 3.68. The number of hydrogen-bond acceptors (Lipinski definition) is 1. The normalized spacial score (nSPS) is 10.9. The monoisotopic (exact) mass is 212 g/mol. The second-order valence-corrected chi connectivity index (χ2v) is 4.32. The highest BCUT2D eigenvalue weighted by atomic mass is 35.5. The Balaban J connectivity index is 2.95. The molecule has 0 spiro atoms. The average molecular weight is 213 g/mol. The van der Waals surface area contributed by atoms with Crippen LogP contribution in [-0.4, -0.2) is 7.11 Å². The van der Waals surface area contributed by atoms with E-state index in [0.717, 1.165) is 17.0 Å². The Bertz CT molecular complexity index is 294. The molecule has 0 aromatic heterocycles. The molecular formula is C12H17ClO. The van der Waals surface area contributed by atoms with Gasteiger partial charge in [0, 0.05) is 12.1 Å². The first-order valence-corrected chi connectivity index (χ1v) is 5.28. The lowest BCUT2D eigenvalue weighted by atomic mass is 9.98. The molecule has 0 fully saturated rings. The lowest BCUT2D eigenvalue weighted by molar-refractivity contribution is 0.184. The Morgan fingerprint density at radius 3 is 2.64 bits per heavy atom. The molecule has 0 atom stereocenters. The molecule has 0 aliphatic heterocycles. The minimum Gasteiger partial charge on any atom is -0.380 e. The molecule has 1 aromatic carbocycles. The van der Waals surface area contributed by atoms with E-state index in [-0.39, 0.29) is 0 Å². The van der Waals surface area contributed by atoms with E-state index in [0.29, 0.717) is 12.5 Å². The van der Waals surface area contributed by atoms with Gasteiger partial charge in [-0.2, -0.15) is 0 Å². The zero-order valence-electron chi connectivity index (χ0n) is 9.01. The van der Waals surface area contributed by atoms with Crippen LogP contribution in [0.1, 0.15) is 25.0 Å². The van der Waals surface area contributed by atoms with Crippen LogP contribution in [0.25, 0.3) is 0 Å². The second-order valence-electron chi connectivity index (χ2n) is 3.91. The summed E-state index contributed by atoms with van der Waals surface area (Å²) in [6.45, 7) is 5.01. The van der Waals surface area contributed by atoms with E-state index >= 15 is 0 Å². The van der Waals surface area contributed by atoms with Gasteiger partial charge in [0.1, 0.15) is 0 Å². The SMILES string of the molecule is COCc1c(Cl)cccc1CC(C)C. The summed E-state index contributed by atoms with van der Waals surface area (Å²) in [6.07, 6.45) is 1.05. The first-order chi connectivity index (χ1) is 6.65. The summed E-state index contributed by atoms with van der Waals surface area (Å²) < 4.78 is 5.15. The van der Waals surface area contributed by atoms with Crippen LogP contribution in [-0.2, 0) is 17.8 Å². The van der Waals surface area contributed by atoms with Crippen LogP contribution in [0, 0.1) is 5.92 Å². The maximum absolute atomic E-state index is 6.11. The van der Waals surface area contributed by atoms with Crippen molar-refractivity contribution in [2.24, 2.45) is 5.92 Å². The number of rotatable bonds is 4. The number of hydrogen-bond donors (Lipinski definition) is 0. The van der Waals surface area contributed by atoms with Crippen LogP contribution in [0.15, 0.2) is 18.2 Å². The zero-order chi connectivity index (χ0) is 10.6. The molecule has 14 heavy (non-hydrogen) atoms. The summed E-state index contributed by atoms with van der Waals surface area (Å²) in [5.74, 6) is 0.643. The van der Waals surface area contributed by atoms with Gasteiger partial charge in [-0.25, -0.2) is 0 Å². The van der Waals surface area contributed by atoms with Crippen LogP contribution in [0.5, 0.6) is 0 Å². The van der Waals surface area contributed by atoms with Crippen molar-refractivity contribution in [1.29, 1.82) is 0 Å². The van der Waals surface area contributed by atoms with Crippen molar-refractivity contribution in [1.82, 2.24) is 0 Å². The summed E-state index contributed by atoms with van der Waals surface area (Å²) in [5.41, 5.74) is 2.43. The van der Waals surface area contributed by atoms with E-state index < -0.39 is 0 Å². The lowest BCUT2D eigenvalue weighted by Crippen LogP contribution is -2.01. The molecule has 0 bridgehead atoms. The van der Waals surface area contributed by atoms with E-state index in [2.05, 4.69) is 19.9 Å². The van der Waals surface area contributed by atoms with Gasteiger partial charge < -0.3 is 4.74 Å². The fourth-order valence-corrected chi connectivity index (χ4v) is 1.79. The van der Waals surface area contributed by atoms with E-state index in [1.165, 1.54) is 5.56 Å². The number of halogens is 1. The molecule has 0 unspecified atom stereocenters. The summed E-state index contributed by atoms with van der Waals surface area (Å²) >= 11 is 6.11. The van der Waals surface area contributed by atoms with Gasteiger partial charge in [0.05, 0.1) is 6.61 Å². The van der Waals surface area contributed by atoms with Crippen molar-refractivity contribution >= 4 is 11.6 Å². The van der Waals surface area contributed by atoms with E-state index in [1.807, 2.05) is 12.1 Å². The van der Waals surface area contributed by atoms with Gasteiger partial charge in [0.25, 0.3) is 0 Å². The Hall–Kier alpha value is -0.530. The topological polar surface area (TPSA) is 9.23 Å². The number of benzene rings is 1. The third-order valence-electron chi connectivity index (χ3n) is 2.13. The molecule has 0 saturated carbocycles. The maximum atomic E-state index is 6.11. The molecule has 0 N–H and O–H groups in total. The van der Waals surface area contributed by atoms with Crippen molar-refractivity contribution < 1.29 is 4.74 Å². The summed E-state index contributed by atoms with van der Waals surface area (Å²) in [6, 6.07) is 6.04. The average Bonchev–Trinajstić information content (AvgIpc) is 2.10. The van der Waals surface area contributed by atoms with Crippen molar-refractivity contribution in [2.45, 2.75) is 26.9 Å². The molecular weight excluding hydrogens is 196 g/mol. The molecule has 0 aliphatic carbocycles. The highest BCUT2D eigenvalue weighted by Crippen LogP contribution is 2.23. The lowest BCUT2D eigenvalue weighted by Gasteiger charge is -2.12. The maximum Gasteiger partial charge on any atom is 0.0730 e. The first kappa shape index (κ1) is 11.5. The largest absolute Gasteiger partial charge is 0.380 e. The summed E-state index contributed by atoms with van der Waals surface area (Å²) in [7, 11) is 1.70. The van der Waals surface area contributed by atoms with Crippen molar-refractivity contribution in [3.8, 4) is 0 Å². The molecule has 0 amide bonds. The van der Waals surface area contributed by atoms with Crippen molar-refractivity contribution in [3.63, 3.8) is 0 Å². The molecule has 0 heterocycles. The molecule has 0 radical (unpaired) electrons. The van der Waals surface area contributed by atoms with Crippen LogP contribution in [0.2, 0.25) is 5.02 Å². The third-order valence-corrected chi connectivity index (χ3v) is 2.49. The molecule has 2 heteroatoms. The fraction of sp³-hybridized carbons (Fsp3) is 0.500. The fourth-order valence-electron chi connectivity index (χ4n) is 1.54. The van der Waals surface area contributed by atoms with Crippen molar-refractivity contribution in [3.05, 3.63) is 34.3 Å². The summed E-state index contributed by atoms with van der Waals surface area (Å²) in [5, 5.41) is 0.810. The van der Waals surface area contributed by atoms with Gasteiger partial charge in [-0.1, -0.05) is 37.6 Å². The smallest absolute Gasteiger partial charge is 0.0730 e. The predicted molar refractivity (Wildman–Crippen MR) is 60.7 cm³/mol. The quantitative estimate of drug-likeness (QED) is 0.740. The Kier molecular flexibility index (Phi) is 4.43. The molecule has 1 nitrogen and oxygen atoms in total. The van der Waals surface area contributed by atoms with Gasteiger partial charge in [-0.3, -0.25) is 0 Å². The Labute approximate surface area is 91.0 Å². The van der Waals surface area contributed by atoms with E-state index in [1.54, 1.807) is 7.11 Å². The van der Waals surface area contributed by atoms with Gasteiger partial charge in [0.2, 0.25) is 0 Å². The van der Waals surface area contributed by atoms with Crippen molar-refractivity contribution in [2.75, 3.05) is 7.11 Å². The molecule has 78 valence electrons. The molecule has 0 saturated heterocycles. The minimum absolute atomic E-state index is 0.599. The molecule has 0 aliphatic rings. The van der Waals surface area contributed by atoms with Gasteiger partial charge >= 0.3 is 0 Å². The molecule has 1 rings (SSSR count).